The molecule has 1 aliphatic carbocycles. The molecular formula is C20H19ClF2O4S. The van der Waals surface area contributed by atoms with Gasteiger partial charge in [-0.05, 0) is 55.3 Å². The van der Waals surface area contributed by atoms with Gasteiger partial charge in [0.05, 0.1) is 18.1 Å². The molecule has 4 rings (SSSR count). The van der Waals surface area contributed by atoms with E-state index in [4.69, 9.17) is 21.1 Å². The maximum atomic E-state index is 14.8. The van der Waals surface area contributed by atoms with Crippen LogP contribution in [-0.2, 0) is 24.1 Å². The summed E-state index contributed by atoms with van der Waals surface area (Å²) >= 11 is 5.89. The smallest absolute Gasteiger partial charge is 0.188 e. The molecule has 1 saturated carbocycles. The van der Waals surface area contributed by atoms with E-state index in [0.29, 0.717) is 18.2 Å². The Labute approximate surface area is 167 Å². The highest BCUT2D eigenvalue weighted by Gasteiger charge is 2.55. The van der Waals surface area contributed by atoms with Crippen LogP contribution in [-0.4, -0.2) is 27.4 Å². The number of rotatable bonds is 3. The van der Waals surface area contributed by atoms with Gasteiger partial charge >= 0.3 is 0 Å². The van der Waals surface area contributed by atoms with Gasteiger partial charge in [-0.15, -0.1) is 0 Å². The van der Waals surface area contributed by atoms with Gasteiger partial charge in [-0.2, -0.15) is 0 Å². The molecule has 0 radical (unpaired) electrons. The lowest BCUT2D eigenvalue weighted by atomic mass is 9.79. The van der Waals surface area contributed by atoms with Gasteiger partial charge in [-0.3, -0.25) is 0 Å². The van der Waals surface area contributed by atoms with E-state index >= 15 is 0 Å². The molecule has 1 spiro atoms. The van der Waals surface area contributed by atoms with Gasteiger partial charge < -0.3 is 9.47 Å². The fourth-order valence-corrected chi connectivity index (χ4v) is 6.45. The van der Waals surface area contributed by atoms with Crippen LogP contribution in [0, 0.1) is 11.6 Å². The summed E-state index contributed by atoms with van der Waals surface area (Å²) in [6.07, 6.45) is 0.655. The molecule has 2 fully saturated rings. The topological polar surface area (TPSA) is 52.6 Å². The van der Waals surface area contributed by atoms with Crippen LogP contribution < -0.4 is 0 Å². The lowest BCUT2D eigenvalue weighted by molar-refractivity contribution is -0.181. The van der Waals surface area contributed by atoms with E-state index in [0.717, 1.165) is 18.2 Å². The van der Waals surface area contributed by atoms with Crippen molar-refractivity contribution < 1.29 is 26.7 Å². The van der Waals surface area contributed by atoms with Crippen LogP contribution in [0.5, 0.6) is 0 Å². The van der Waals surface area contributed by atoms with E-state index in [9.17, 15) is 17.2 Å². The third-order valence-electron chi connectivity index (χ3n) is 5.69. The minimum Gasteiger partial charge on any atom is -0.348 e. The summed E-state index contributed by atoms with van der Waals surface area (Å²) in [5, 5.41) is 0.389. The Kier molecular flexibility index (Phi) is 4.98. The van der Waals surface area contributed by atoms with E-state index in [1.165, 1.54) is 24.3 Å². The molecule has 0 bridgehead atoms. The monoisotopic (exact) mass is 428 g/mol. The number of ether oxygens (including phenoxy) is 2. The van der Waals surface area contributed by atoms with Crippen molar-refractivity contribution in [3.63, 3.8) is 0 Å². The van der Waals surface area contributed by atoms with Crippen molar-refractivity contribution in [2.45, 2.75) is 41.1 Å². The SMILES string of the molecule is O=S(=O)(c1ccc(Cl)cc1)C1(c2cc(F)ccc2F)CCC2(CC1)OCCO2. The quantitative estimate of drug-likeness (QED) is 0.716. The van der Waals surface area contributed by atoms with Crippen LogP contribution in [0.3, 0.4) is 0 Å². The standard InChI is InChI=1S/C20H19ClF2O4S/c21-14-1-4-16(5-2-14)28(24,25)19(17-13-15(22)3-6-18(17)23)7-9-20(10-8-19)26-11-12-27-20/h1-6,13H,7-12H2. The van der Waals surface area contributed by atoms with E-state index in [1.54, 1.807) is 0 Å². The molecule has 0 N–H and O–H groups in total. The summed E-state index contributed by atoms with van der Waals surface area (Å²) in [6, 6.07) is 8.66. The van der Waals surface area contributed by atoms with Gasteiger partial charge in [0.1, 0.15) is 16.4 Å². The van der Waals surface area contributed by atoms with Crippen LogP contribution in [0.15, 0.2) is 47.4 Å². The molecule has 150 valence electrons. The summed E-state index contributed by atoms with van der Waals surface area (Å²) in [5.74, 6) is -2.28. The highest BCUT2D eigenvalue weighted by Crippen LogP contribution is 2.52. The van der Waals surface area contributed by atoms with E-state index in [1.807, 2.05) is 0 Å². The Morgan fingerprint density at radius 3 is 2.11 bits per heavy atom. The average Bonchev–Trinajstić information content (AvgIpc) is 3.13. The second-order valence-corrected chi connectivity index (χ2v) is 9.88. The molecule has 28 heavy (non-hydrogen) atoms. The summed E-state index contributed by atoms with van der Waals surface area (Å²) in [5.41, 5.74) is -0.157. The molecule has 0 atom stereocenters. The predicted molar refractivity (Wildman–Crippen MR) is 99.8 cm³/mol. The first-order chi connectivity index (χ1) is 13.3. The van der Waals surface area contributed by atoms with Crippen molar-refractivity contribution in [1.82, 2.24) is 0 Å². The average molecular weight is 429 g/mol. The van der Waals surface area contributed by atoms with Crippen LogP contribution >= 0.6 is 11.6 Å². The largest absolute Gasteiger partial charge is 0.348 e. The molecule has 0 aromatic heterocycles. The molecule has 0 unspecified atom stereocenters. The lowest BCUT2D eigenvalue weighted by Crippen LogP contribution is -2.46. The fraction of sp³-hybridized carbons (Fsp3) is 0.400. The van der Waals surface area contributed by atoms with Crippen LogP contribution in [0.4, 0.5) is 8.78 Å². The molecule has 2 aromatic rings. The molecular weight excluding hydrogens is 410 g/mol. The molecule has 0 amide bonds. The van der Waals surface area contributed by atoms with Crippen molar-refractivity contribution in [1.29, 1.82) is 0 Å². The number of sulfone groups is 1. The third-order valence-corrected chi connectivity index (χ3v) is 8.49. The summed E-state index contributed by atoms with van der Waals surface area (Å²) < 4.78 is 65.9. The second kappa shape index (κ2) is 7.06. The summed E-state index contributed by atoms with van der Waals surface area (Å²) in [4.78, 5) is 0.0183. The van der Waals surface area contributed by atoms with Gasteiger partial charge in [0.25, 0.3) is 0 Å². The van der Waals surface area contributed by atoms with Crippen molar-refractivity contribution in [3.8, 4) is 0 Å². The van der Waals surface area contributed by atoms with Gasteiger partial charge in [0.15, 0.2) is 15.6 Å². The maximum absolute atomic E-state index is 14.8. The van der Waals surface area contributed by atoms with Crippen LogP contribution in [0.25, 0.3) is 0 Å². The fourth-order valence-electron chi connectivity index (χ4n) is 4.19. The van der Waals surface area contributed by atoms with Gasteiger partial charge in [-0.1, -0.05) is 11.6 Å². The first-order valence-corrected chi connectivity index (χ1v) is 10.9. The molecule has 8 heteroatoms. The Balaban J connectivity index is 1.85. The zero-order valence-electron chi connectivity index (χ0n) is 15.0. The Bertz CT molecular complexity index is 976. The van der Waals surface area contributed by atoms with Crippen molar-refractivity contribution in [3.05, 3.63) is 64.7 Å². The minimum absolute atomic E-state index is 0.0183. The highest BCUT2D eigenvalue weighted by molar-refractivity contribution is 7.92. The van der Waals surface area contributed by atoms with Gasteiger partial charge in [0, 0.05) is 23.4 Å². The molecule has 1 heterocycles. The molecule has 1 aliphatic heterocycles. The molecule has 2 aliphatic rings. The Morgan fingerprint density at radius 2 is 1.50 bits per heavy atom. The normalized spacial score (nSPS) is 21.1. The summed E-state index contributed by atoms with van der Waals surface area (Å²) in [7, 11) is -4.06. The number of benzene rings is 2. The second-order valence-electron chi connectivity index (χ2n) is 7.18. The lowest BCUT2D eigenvalue weighted by Gasteiger charge is -2.43. The molecule has 2 aromatic carbocycles. The van der Waals surface area contributed by atoms with E-state index in [-0.39, 0.29) is 36.1 Å². The van der Waals surface area contributed by atoms with Crippen LogP contribution in [0.1, 0.15) is 31.2 Å². The summed E-state index contributed by atoms with van der Waals surface area (Å²) in [6.45, 7) is 0.872. The molecule has 4 nitrogen and oxygen atoms in total. The van der Waals surface area contributed by atoms with Crippen molar-refractivity contribution >= 4 is 21.4 Å². The highest BCUT2D eigenvalue weighted by atomic mass is 35.5. The Morgan fingerprint density at radius 1 is 0.893 bits per heavy atom. The van der Waals surface area contributed by atoms with Crippen molar-refractivity contribution in [2.75, 3.05) is 13.2 Å². The molecule has 1 saturated heterocycles. The Hall–Kier alpha value is -1.54. The maximum Gasteiger partial charge on any atom is 0.188 e. The zero-order chi connectivity index (χ0) is 20.0. The minimum atomic E-state index is -4.06. The van der Waals surface area contributed by atoms with E-state index in [2.05, 4.69) is 0 Å². The predicted octanol–water partition coefficient (Wildman–Crippen LogP) is 4.60. The first-order valence-electron chi connectivity index (χ1n) is 9.02. The zero-order valence-corrected chi connectivity index (χ0v) is 16.5. The van der Waals surface area contributed by atoms with Gasteiger partial charge in [0.2, 0.25) is 0 Å². The van der Waals surface area contributed by atoms with Crippen LogP contribution in [0.2, 0.25) is 5.02 Å². The van der Waals surface area contributed by atoms with Gasteiger partial charge in [-0.25, -0.2) is 17.2 Å². The van der Waals surface area contributed by atoms with E-state index < -0.39 is 32.0 Å². The number of hydrogen-bond donors (Lipinski definition) is 0. The first kappa shape index (κ1) is 19.8. The third kappa shape index (κ3) is 3.14. The van der Waals surface area contributed by atoms with Crippen molar-refractivity contribution in [2.24, 2.45) is 0 Å². The number of halogens is 3. The number of hydrogen-bond acceptors (Lipinski definition) is 4.